The van der Waals surface area contributed by atoms with Crippen LogP contribution in [0, 0.1) is 10.1 Å². The number of piperazine rings is 1. The predicted molar refractivity (Wildman–Crippen MR) is 238 cm³/mol. The number of nitro benzene ring substituents is 1. The number of benzene rings is 4. The number of hydrogen-bond donors (Lipinski definition) is 2. The second-order valence-electron chi connectivity index (χ2n) is 15.3. The van der Waals surface area contributed by atoms with Crippen LogP contribution in [0.2, 0.25) is 0 Å². The van der Waals surface area contributed by atoms with Crippen molar-refractivity contribution in [3.8, 4) is 5.75 Å². The van der Waals surface area contributed by atoms with Gasteiger partial charge in [0, 0.05) is 66.6 Å². The molecule has 1 aromatic heterocycles. The largest absolute Gasteiger partial charge is 0.497 e. The number of ether oxygens (including phenoxy) is 1. The molecule has 1 aliphatic heterocycles. The highest BCUT2D eigenvalue weighted by Crippen LogP contribution is 2.35. The number of nitrogens with one attached hydrogen (secondary N) is 2. The number of hydrogen-bond acceptors (Lipinski definition) is 12. The van der Waals surface area contributed by atoms with Crippen molar-refractivity contribution in [3.05, 3.63) is 119 Å². The molecule has 1 atom stereocenters. The Morgan fingerprint density at radius 3 is 2.42 bits per heavy atom. The number of allylic oxidation sites excluding steroid dienone is 1. The van der Waals surface area contributed by atoms with Gasteiger partial charge in [-0.3, -0.25) is 19.7 Å². The van der Waals surface area contributed by atoms with Crippen LogP contribution in [0.25, 0.3) is 16.5 Å². The maximum Gasteiger partial charge on any atom is 0.293 e. The maximum atomic E-state index is 13.8. The highest BCUT2D eigenvalue weighted by atomic mass is 32.2. The number of nitrogens with zero attached hydrogens (tertiary/aromatic N) is 6. The third kappa shape index (κ3) is 10.7. The molecule has 1 unspecified atom stereocenters. The summed E-state index contributed by atoms with van der Waals surface area (Å²) in [5, 5.41) is 16.2. The topological polar surface area (TPSA) is 146 Å². The number of anilines is 3. The van der Waals surface area contributed by atoms with Gasteiger partial charge in [0.25, 0.3) is 15.7 Å². The van der Waals surface area contributed by atoms with Crippen molar-refractivity contribution in [2.24, 2.45) is 0 Å². The third-order valence-corrected chi connectivity index (χ3v) is 13.5. The zero-order valence-electron chi connectivity index (χ0n) is 33.8. The number of rotatable bonds is 17. The molecular formula is C44H52N8O5S2. The fourth-order valence-electron chi connectivity index (χ4n) is 7.72. The van der Waals surface area contributed by atoms with E-state index in [1.165, 1.54) is 48.0 Å². The van der Waals surface area contributed by atoms with E-state index in [4.69, 9.17) is 4.74 Å². The summed E-state index contributed by atoms with van der Waals surface area (Å²) in [6.07, 6.45) is 6.74. The molecule has 2 N–H and O–H groups in total. The van der Waals surface area contributed by atoms with Gasteiger partial charge in [0.1, 0.15) is 17.8 Å². The molecule has 310 valence electrons. The molecule has 15 heteroatoms. The minimum atomic E-state index is -4.26. The number of sulfonamides is 1. The van der Waals surface area contributed by atoms with Crippen LogP contribution in [-0.4, -0.2) is 105 Å². The molecule has 2 aliphatic rings. The van der Waals surface area contributed by atoms with Crippen molar-refractivity contribution < 1.29 is 18.1 Å². The van der Waals surface area contributed by atoms with Gasteiger partial charge in [-0.2, -0.15) is 0 Å². The van der Waals surface area contributed by atoms with Crippen LogP contribution in [0.1, 0.15) is 37.7 Å². The van der Waals surface area contributed by atoms with Gasteiger partial charge < -0.3 is 19.9 Å². The lowest BCUT2D eigenvalue weighted by Crippen LogP contribution is -2.47. The minimum absolute atomic E-state index is 0.103. The number of nitro groups is 1. The molecule has 4 aromatic carbocycles. The molecular weight excluding hydrogens is 785 g/mol. The molecule has 0 bridgehead atoms. The van der Waals surface area contributed by atoms with Gasteiger partial charge >= 0.3 is 0 Å². The van der Waals surface area contributed by atoms with Gasteiger partial charge in [0.2, 0.25) is 0 Å². The molecule has 59 heavy (non-hydrogen) atoms. The van der Waals surface area contributed by atoms with Crippen LogP contribution in [0.4, 0.5) is 22.9 Å². The summed E-state index contributed by atoms with van der Waals surface area (Å²) in [5.74, 6) is 1.64. The van der Waals surface area contributed by atoms with Gasteiger partial charge in [-0.25, -0.2) is 18.4 Å². The van der Waals surface area contributed by atoms with Crippen molar-refractivity contribution in [2.75, 3.05) is 81.2 Å². The molecule has 5 aromatic rings. The molecule has 0 spiro atoms. The highest BCUT2D eigenvalue weighted by Gasteiger charge is 2.26. The predicted octanol–water partition coefficient (Wildman–Crippen LogP) is 8.02. The summed E-state index contributed by atoms with van der Waals surface area (Å²) in [6.45, 7) is 5.30. The summed E-state index contributed by atoms with van der Waals surface area (Å²) in [4.78, 5) is 28.3. The second kappa shape index (κ2) is 19.2. The first-order valence-electron chi connectivity index (χ1n) is 20.0. The molecule has 0 amide bonds. The summed E-state index contributed by atoms with van der Waals surface area (Å²) >= 11 is 1.66. The summed E-state index contributed by atoms with van der Waals surface area (Å²) in [6, 6.07) is 28.0. The molecule has 13 nitrogen and oxygen atoms in total. The number of methoxy groups -OCH3 is 1. The Morgan fingerprint density at radius 1 is 0.932 bits per heavy atom. The molecule has 1 fully saturated rings. The number of fused-ring (bicyclic) bond motifs is 1. The van der Waals surface area contributed by atoms with E-state index in [-0.39, 0.29) is 28.1 Å². The Morgan fingerprint density at radius 2 is 1.69 bits per heavy atom. The van der Waals surface area contributed by atoms with Gasteiger partial charge in [-0.15, -0.1) is 11.8 Å². The van der Waals surface area contributed by atoms with E-state index in [9.17, 15) is 18.5 Å². The van der Waals surface area contributed by atoms with Crippen molar-refractivity contribution in [1.29, 1.82) is 0 Å². The fraction of sp³-hybridized carbons (Fsp3) is 0.364. The maximum absolute atomic E-state index is 13.8. The van der Waals surface area contributed by atoms with Crippen LogP contribution in [0.3, 0.4) is 0 Å². The molecule has 0 saturated carbocycles. The lowest BCUT2D eigenvalue weighted by atomic mass is 9.87. The summed E-state index contributed by atoms with van der Waals surface area (Å²) < 4.78 is 35.5. The van der Waals surface area contributed by atoms with Crippen molar-refractivity contribution >= 4 is 61.1 Å². The Bertz CT molecular complexity index is 2370. The van der Waals surface area contributed by atoms with E-state index in [1.54, 1.807) is 18.9 Å². The molecule has 7 rings (SSSR count). The minimum Gasteiger partial charge on any atom is -0.497 e. The third-order valence-electron chi connectivity index (χ3n) is 11.0. The summed E-state index contributed by atoms with van der Waals surface area (Å²) in [5.41, 5.74) is 5.84. The van der Waals surface area contributed by atoms with Crippen LogP contribution >= 0.6 is 11.8 Å². The Kier molecular flexibility index (Phi) is 13.7. The Labute approximate surface area is 351 Å². The zero-order valence-corrected chi connectivity index (χ0v) is 35.5. The Hall–Kier alpha value is -5.22. The van der Waals surface area contributed by atoms with Crippen LogP contribution in [0.5, 0.6) is 5.75 Å². The lowest BCUT2D eigenvalue weighted by molar-refractivity contribution is -0.384. The Balaban J connectivity index is 1.02. The van der Waals surface area contributed by atoms with E-state index in [0.717, 1.165) is 80.9 Å². The van der Waals surface area contributed by atoms with Gasteiger partial charge in [-0.05, 0) is 118 Å². The number of aromatic nitrogens is 2. The van der Waals surface area contributed by atoms with E-state index in [0.29, 0.717) is 16.7 Å². The van der Waals surface area contributed by atoms with E-state index >= 15 is 0 Å². The molecule has 1 aliphatic carbocycles. The summed E-state index contributed by atoms with van der Waals surface area (Å²) in [7, 11) is 1.40. The highest BCUT2D eigenvalue weighted by molar-refractivity contribution is 7.99. The standard InChI is InChI=1S/C44H52N8O5S2/c1-49(2)22-21-34(30-58-37-10-5-4-6-11-37)47-41-20-18-38(28-43(41)52(53)54)59(55,56)48-44-40-19-15-35(27-42(40)45-31-46-44)51-25-23-50(24-26-51)29-33-9-7-8-12-39(33)32-13-16-36(57-3)17-14-32/h4-6,10-11,13-20,27-28,31,34,47H,7-9,12,21-26,29-30H2,1-3H3,(H,45,46,48). The van der Waals surface area contributed by atoms with E-state index in [1.807, 2.05) is 74.8 Å². The van der Waals surface area contributed by atoms with Crippen molar-refractivity contribution in [2.45, 2.75) is 47.9 Å². The first-order valence-corrected chi connectivity index (χ1v) is 22.5. The average molecular weight is 837 g/mol. The van der Waals surface area contributed by atoms with Crippen LogP contribution in [-0.2, 0) is 10.0 Å². The van der Waals surface area contributed by atoms with Crippen LogP contribution < -0.4 is 19.7 Å². The van der Waals surface area contributed by atoms with E-state index < -0.39 is 14.9 Å². The van der Waals surface area contributed by atoms with Crippen LogP contribution in [0.15, 0.2) is 113 Å². The molecule has 2 heterocycles. The van der Waals surface area contributed by atoms with Gasteiger partial charge in [0.05, 0.1) is 22.4 Å². The SMILES string of the molecule is COc1ccc(C2=C(CN3CCN(c4ccc5c(NS(=O)(=O)c6ccc(NC(CCN(C)C)CSc7ccccc7)c([N+](=O)[O-])c6)ncnc5c4)CC3)CCCC2)cc1. The first kappa shape index (κ1) is 41.9. The number of thioether (sulfide) groups is 1. The molecule has 1 saturated heterocycles. The van der Waals surface area contributed by atoms with Gasteiger partial charge in [0.15, 0.2) is 5.82 Å². The van der Waals surface area contributed by atoms with E-state index in [2.05, 4.69) is 46.8 Å². The zero-order chi connectivity index (χ0) is 41.4. The molecule has 0 radical (unpaired) electrons. The quantitative estimate of drug-likeness (QED) is 0.0532. The first-order chi connectivity index (χ1) is 28.6. The monoisotopic (exact) mass is 836 g/mol. The fourth-order valence-corrected chi connectivity index (χ4v) is 9.77. The lowest BCUT2D eigenvalue weighted by Gasteiger charge is -2.37. The van der Waals surface area contributed by atoms with Crippen molar-refractivity contribution in [3.63, 3.8) is 0 Å². The normalized spacial score (nSPS) is 15.7. The van der Waals surface area contributed by atoms with Crippen molar-refractivity contribution in [1.82, 2.24) is 19.8 Å². The van der Waals surface area contributed by atoms with Gasteiger partial charge in [-0.1, -0.05) is 35.9 Å². The average Bonchev–Trinajstić information content (AvgIpc) is 3.25. The second-order valence-corrected chi connectivity index (χ2v) is 18.1. The smallest absolute Gasteiger partial charge is 0.293 e.